The zero-order chi connectivity index (χ0) is 14.8. The normalized spacial score (nSPS) is 10.8. The van der Waals surface area contributed by atoms with Crippen LogP contribution in [0.3, 0.4) is 0 Å². The summed E-state index contributed by atoms with van der Waals surface area (Å²) in [6, 6.07) is 10.6. The Morgan fingerprint density at radius 1 is 1.19 bits per heavy atom. The van der Waals surface area contributed by atoms with Gasteiger partial charge in [0, 0.05) is 28.1 Å². The van der Waals surface area contributed by atoms with E-state index in [1.165, 1.54) is 0 Å². The quantitative estimate of drug-likeness (QED) is 0.797. The van der Waals surface area contributed by atoms with Crippen LogP contribution in [0.15, 0.2) is 48.8 Å². The number of anilines is 1. The molecule has 6 heteroatoms. The van der Waals surface area contributed by atoms with Crippen molar-refractivity contribution in [2.24, 2.45) is 0 Å². The molecule has 0 atom stereocenters. The third-order valence-corrected chi connectivity index (χ3v) is 3.34. The summed E-state index contributed by atoms with van der Waals surface area (Å²) < 4.78 is 1.87. The number of fused-ring (bicyclic) bond motifs is 1. The highest BCUT2D eigenvalue weighted by atomic mass is 35.5. The van der Waals surface area contributed by atoms with Gasteiger partial charge in [-0.1, -0.05) is 29.3 Å². The van der Waals surface area contributed by atoms with Gasteiger partial charge in [-0.3, -0.25) is 4.79 Å². The monoisotopic (exact) mass is 319 g/mol. The van der Waals surface area contributed by atoms with Crippen LogP contribution < -0.4 is 5.32 Å². The Labute approximate surface area is 131 Å². The van der Waals surface area contributed by atoms with E-state index in [1.807, 2.05) is 35.0 Å². The van der Waals surface area contributed by atoms with Gasteiger partial charge in [0.15, 0.2) is 0 Å². The number of hydrogen-bond acceptors (Lipinski definition) is 2. The highest BCUT2D eigenvalue weighted by molar-refractivity contribution is 6.35. The molecule has 2 aromatic heterocycles. The molecule has 2 heterocycles. The number of nitrogens with zero attached hydrogens (tertiary/aromatic N) is 2. The Morgan fingerprint density at radius 2 is 1.95 bits per heavy atom. The lowest BCUT2D eigenvalue weighted by atomic mass is 10.3. The number of aromatic nitrogens is 2. The van der Waals surface area contributed by atoms with Gasteiger partial charge in [0.1, 0.15) is 5.65 Å². The fourth-order valence-electron chi connectivity index (χ4n) is 2.07. The number of hydrogen-bond donors (Lipinski definition) is 1. The summed E-state index contributed by atoms with van der Waals surface area (Å²) in [6.07, 6.45) is 3.91. The second-order valence-electron chi connectivity index (χ2n) is 4.58. The first-order valence-electron chi connectivity index (χ1n) is 6.29. The fraction of sp³-hybridized carbons (Fsp3) is 0.0667. The van der Waals surface area contributed by atoms with Crippen LogP contribution in [0.25, 0.3) is 5.65 Å². The highest BCUT2D eigenvalue weighted by Crippen LogP contribution is 2.22. The van der Waals surface area contributed by atoms with Gasteiger partial charge in [-0.15, -0.1) is 0 Å². The topological polar surface area (TPSA) is 46.4 Å². The van der Waals surface area contributed by atoms with E-state index in [0.29, 0.717) is 21.4 Å². The van der Waals surface area contributed by atoms with E-state index in [1.54, 1.807) is 18.2 Å². The number of amides is 1. The van der Waals surface area contributed by atoms with Crippen LogP contribution >= 0.6 is 23.2 Å². The lowest BCUT2D eigenvalue weighted by Gasteiger charge is -2.05. The van der Waals surface area contributed by atoms with Gasteiger partial charge in [-0.2, -0.15) is 0 Å². The number of imidazole rings is 1. The van der Waals surface area contributed by atoms with E-state index in [9.17, 15) is 4.79 Å². The number of benzene rings is 1. The van der Waals surface area contributed by atoms with E-state index in [2.05, 4.69) is 10.3 Å². The van der Waals surface area contributed by atoms with Crippen molar-refractivity contribution in [2.45, 2.75) is 6.42 Å². The van der Waals surface area contributed by atoms with Gasteiger partial charge < -0.3 is 9.72 Å². The van der Waals surface area contributed by atoms with E-state index in [0.717, 1.165) is 5.65 Å². The maximum absolute atomic E-state index is 12.0. The van der Waals surface area contributed by atoms with Crippen LogP contribution in [-0.2, 0) is 11.2 Å². The van der Waals surface area contributed by atoms with Crippen molar-refractivity contribution in [1.82, 2.24) is 9.38 Å². The third kappa shape index (κ3) is 3.35. The molecule has 0 fully saturated rings. The van der Waals surface area contributed by atoms with Gasteiger partial charge in [0.25, 0.3) is 0 Å². The predicted molar refractivity (Wildman–Crippen MR) is 84.0 cm³/mol. The predicted octanol–water partition coefficient (Wildman–Crippen LogP) is 3.82. The van der Waals surface area contributed by atoms with Crippen molar-refractivity contribution in [3.05, 3.63) is 64.5 Å². The first kappa shape index (κ1) is 13.9. The van der Waals surface area contributed by atoms with Crippen LogP contribution in [-0.4, -0.2) is 15.3 Å². The van der Waals surface area contributed by atoms with Crippen molar-refractivity contribution < 1.29 is 4.79 Å². The number of carbonyl (C=O) groups excluding carboxylic acids is 1. The smallest absolute Gasteiger partial charge is 0.230 e. The number of nitrogens with one attached hydrogen (secondary N) is 1. The van der Waals surface area contributed by atoms with Crippen molar-refractivity contribution in [2.75, 3.05) is 5.32 Å². The SMILES string of the molecule is O=C(Cc1cn2ccccc2n1)Nc1cc(Cl)cc(Cl)c1. The minimum atomic E-state index is -0.170. The summed E-state index contributed by atoms with van der Waals surface area (Å²) in [5.41, 5.74) is 2.08. The maximum atomic E-state index is 12.0. The Kier molecular flexibility index (Phi) is 3.82. The molecule has 0 unspecified atom stereocenters. The zero-order valence-corrected chi connectivity index (χ0v) is 12.4. The standard InChI is InChI=1S/C15H11Cl2N3O/c16-10-5-11(17)7-12(6-10)19-15(21)8-13-9-20-4-2-1-3-14(20)18-13/h1-7,9H,8H2,(H,19,21). The molecule has 3 aromatic rings. The summed E-state index contributed by atoms with van der Waals surface area (Å²) in [7, 11) is 0. The molecular weight excluding hydrogens is 309 g/mol. The van der Waals surface area contributed by atoms with E-state index in [4.69, 9.17) is 23.2 Å². The lowest BCUT2D eigenvalue weighted by Crippen LogP contribution is -2.14. The van der Waals surface area contributed by atoms with Gasteiger partial charge in [-0.05, 0) is 30.3 Å². The number of carbonyl (C=O) groups is 1. The third-order valence-electron chi connectivity index (χ3n) is 2.90. The summed E-state index contributed by atoms with van der Waals surface area (Å²) in [5, 5.41) is 3.71. The molecule has 0 saturated carbocycles. The maximum Gasteiger partial charge on any atom is 0.230 e. The van der Waals surface area contributed by atoms with Crippen LogP contribution in [0.2, 0.25) is 10.0 Å². The molecular formula is C15H11Cl2N3O. The Bertz CT molecular complexity index is 760. The summed E-state index contributed by atoms with van der Waals surface area (Å²) in [5.74, 6) is -0.170. The first-order chi connectivity index (χ1) is 10.1. The number of rotatable bonds is 3. The fourth-order valence-corrected chi connectivity index (χ4v) is 2.59. The molecule has 21 heavy (non-hydrogen) atoms. The highest BCUT2D eigenvalue weighted by Gasteiger charge is 2.08. The molecule has 3 rings (SSSR count). The largest absolute Gasteiger partial charge is 0.326 e. The van der Waals surface area contributed by atoms with Crippen molar-refractivity contribution in [3.63, 3.8) is 0 Å². The average Bonchev–Trinajstić information content (AvgIpc) is 2.78. The molecule has 106 valence electrons. The molecule has 0 radical (unpaired) electrons. The van der Waals surface area contributed by atoms with Crippen molar-refractivity contribution >= 4 is 40.4 Å². The summed E-state index contributed by atoms with van der Waals surface area (Å²) >= 11 is 11.8. The zero-order valence-electron chi connectivity index (χ0n) is 10.9. The average molecular weight is 320 g/mol. The Balaban J connectivity index is 1.73. The minimum absolute atomic E-state index is 0.170. The van der Waals surface area contributed by atoms with E-state index in [-0.39, 0.29) is 12.3 Å². The molecule has 1 N–H and O–H groups in total. The molecule has 0 aliphatic rings. The van der Waals surface area contributed by atoms with Crippen LogP contribution in [0, 0.1) is 0 Å². The number of pyridine rings is 1. The van der Waals surface area contributed by atoms with E-state index >= 15 is 0 Å². The second-order valence-corrected chi connectivity index (χ2v) is 5.45. The summed E-state index contributed by atoms with van der Waals surface area (Å²) in [4.78, 5) is 16.4. The van der Waals surface area contributed by atoms with Gasteiger partial charge in [0.2, 0.25) is 5.91 Å². The van der Waals surface area contributed by atoms with Crippen molar-refractivity contribution in [3.8, 4) is 0 Å². The molecule has 4 nitrogen and oxygen atoms in total. The second kappa shape index (κ2) is 5.76. The first-order valence-corrected chi connectivity index (χ1v) is 7.04. The van der Waals surface area contributed by atoms with Gasteiger partial charge in [-0.25, -0.2) is 4.98 Å². The molecule has 0 bridgehead atoms. The molecule has 0 aliphatic heterocycles. The van der Waals surface area contributed by atoms with E-state index < -0.39 is 0 Å². The molecule has 0 spiro atoms. The van der Waals surface area contributed by atoms with Crippen molar-refractivity contribution in [1.29, 1.82) is 0 Å². The molecule has 0 aliphatic carbocycles. The molecule has 1 aromatic carbocycles. The number of halogens is 2. The van der Waals surface area contributed by atoms with Crippen LogP contribution in [0.1, 0.15) is 5.69 Å². The van der Waals surface area contributed by atoms with Crippen LogP contribution in [0.5, 0.6) is 0 Å². The van der Waals surface area contributed by atoms with Gasteiger partial charge >= 0.3 is 0 Å². The van der Waals surface area contributed by atoms with Gasteiger partial charge in [0.05, 0.1) is 12.1 Å². The Morgan fingerprint density at radius 3 is 2.67 bits per heavy atom. The summed E-state index contributed by atoms with van der Waals surface area (Å²) in [6.45, 7) is 0. The molecule has 0 saturated heterocycles. The Hall–Kier alpha value is -2.04. The van der Waals surface area contributed by atoms with Crippen LogP contribution in [0.4, 0.5) is 5.69 Å². The lowest BCUT2D eigenvalue weighted by molar-refractivity contribution is -0.115. The minimum Gasteiger partial charge on any atom is -0.326 e. The molecule has 1 amide bonds.